The Morgan fingerprint density at radius 3 is 2.66 bits per heavy atom. The first-order valence-electron chi connectivity index (χ1n) is 10.4. The second-order valence-electron chi connectivity index (χ2n) is 7.69. The van der Waals surface area contributed by atoms with Gasteiger partial charge in [-0.2, -0.15) is 0 Å². The summed E-state index contributed by atoms with van der Waals surface area (Å²) in [6.45, 7) is 3.74. The molecule has 4 rings (SSSR count). The molecule has 2 aromatic carbocycles. The molecular weight excluding hydrogens is 366 g/mol. The Bertz CT molecular complexity index is 828. The smallest absolute Gasteiger partial charge is 0.259 e. The van der Waals surface area contributed by atoms with Crippen molar-refractivity contribution in [1.29, 1.82) is 0 Å². The van der Waals surface area contributed by atoms with E-state index in [2.05, 4.69) is 21.6 Å². The fourth-order valence-corrected chi connectivity index (χ4v) is 4.11. The molecule has 6 nitrogen and oxygen atoms in total. The molecule has 2 aliphatic rings. The minimum Gasteiger partial charge on any atom is -0.496 e. The van der Waals surface area contributed by atoms with Crippen molar-refractivity contribution in [2.75, 3.05) is 43.6 Å². The van der Waals surface area contributed by atoms with Gasteiger partial charge in [-0.15, -0.1) is 0 Å². The van der Waals surface area contributed by atoms with Crippen molar-refractivity contribution in [2.45, 2.75) is 31.3 Å². The predicted octanol–water partition coefficient (Wildman–Crippen LogP) is 3.29. The highest BCUT2D eigenvalue weighted by Gasteiger charge is 2.24. The van der Waals surface area contributed by atoms with Gasteiger partial charge in [0.05, 0.1) is 19.3 Å². The SMILES string of the molecule is COc1ccccc1C(=O)Nc1cccc(N2CCC(NC3CCOC3)CC2)c1. The lowest BCUT2D eigenvalue weighted by Gasteiger charge is -2.35. The molecule has 0 saturated carbocycles. The summed E-state index contributed by atoms with van der Waals surface area (Å²) in [5.74, 6) is 0.407. The van der Waals surface area contributed by atoms with Crippen molar-refractivity contribution >= 4 is 17.3 Å². The highest BCUT2D eigenvalue weighted by molar-refractivity contribution is 6.06. The summed E-state index contributed by atoms with van der Waals surface area (Å²) in [5.41, 5.74) is 2.47. The summed E-state index contributed by atoms with van der Waals surface area (Å²) < 4.78 is 10.8. The van der Waals surface area contributed by atoms with Crippen LogP contribution in [0.25, 0.3) is 0 Å². The van der Waals surface area contributed by atoms with Gasteiger partial charge >= 0.3 is 0 Å². The predicted molar refractivity (Wildman–Crippen MR) is 115 cm³/mol. The average molecular weight is 396 g/mol. The third-order valence-electron chi connectivity index (χ3n) is 5.72. The molecule has 0 aromatic heterocycles. The first-order chi connectivity index (χ1) is 14.2. The molecule has 2 heterocycles. The van der Waals surface area contributed by atoms with Crippen LogP contribution in [-0.2, 0) is 4.74 Å². The largest absolute Gasteiger partial charge is 0.496 e. The number of piperidine rings is 1. The molecule has 6 heteroatoms. The number of para-hydroxylation sites is 1. The number of hydrogen-bond donors (Lipinski definition) is 2. The quantitative estimate of drug-likeness (QED) is 0.786. The first kappa shape index (κ1) is 19.7. The highest BCUT2D eigenvalue weighted by atomic mass is 16.5. The maximum absolute atomic E-state index is 12.7. The summed E-state index contributed by atoms with van der Waals surface area (Å²) in [6, 6.07) is 16.4. The second kappa shape index (κ2) is 9.29. The van der Waals surface area contributed by atoms with Crippen LogP contribution in [0, 0.1) is 0 Å². The van der Waals surface area contributed by atoms with E-state index in [1.165, 1.54) is 0 Å². The van der Waals surface area contributed by atoms with E-state index in [1.807, 2.05) is 30.3 Å². The van der Waals surface area contributed by atoms with E-state index in [4.69, 9.17) is 9.47 Å². The number of nitrogens with one attached hydrogen (secondary N) is 2. The second-order valence-corrected chi connectivity index (χ2v) is 7.69. The van der Waals surface area contributed by atoms with Crippen LogP contribution in [-0.4, -0.2) is 51.4 Å². The molecule has 2 aliphatic heterocycles. The molecule has 2 N–H and O–H groups in total. The molecule has 2 fully saturated rings. The molecule has 154 valence electrons. The standard InChI is InChI=1S/C23H29N3O3/c1-28-22-8-3-2-7-21(22)23(27)25-18-5-4-6-20(15-18)26-12-9-17(10-13-26)24-19-11-14-29-16-19/h2-8,15,17,19,24H,9-14,16H2,1H3,(H,25,27). The summed E-state index contributed by atoms with van der Waals surface area (Å²) in [5, 5.41) is 6.73. The molecule has 2 aromatic rings. The molecule has 1 atom stereocenters. The van der Waals surface area contributed by atoms with Crippen molar-refractivity contribution in [2.24, 2.45) is 0 Å². The minimum atomic E-state index is -0.165. The Hall–Kier alpha value is -2.57. The number of anilines is 2. The van der Waals surface area contributed by atoms with Gasteiger partial charge < -0.3 is 25.0 Å². The number of methoxy groups -OCH3 is 1. The van der Waals surface area contributed by atoms with E-state index in [-0.39, 0.29) is 5.91 Å². The van der Waals surface area contributed by atoms with E-state index >= 15 is 0 Å². The van der Waals surface area contributed by atoms with Crippen molar-refractivity contribution in [1.82, 2.24) is 5.32 Å². The Labute approximate surface area is 172 Å². The average Bonchev–Trinajstić information content (AvgIpc) is 3.27. The van der Waals surface area contributed by atoms with Crippen molar-refractivity contribution < 1.29 is 14.3 Å². The lowest BCUT2D eigenvalue weighted by molar-refractivity contribution is 0.102. The monoisotopic (exact) mass is 395 g/mol. The number of hydrogen-bond acceptors (Lipinski definition) is 5. The zero-order chi connectivity index (χ0) is 20.1. The van der Waals surface area contributed by atoms with E-state index in [0.717, 1.165) is 56.9 Å². The molecule has 2 saturated heterocycles. The Balaban J connectivity index is 1.36. The summed E-state index contributed by atoms with van der Waals surface area (Å²) >= 11 is 0. The minimum absolute atomic E-state index is 0.165. The van der Waals surface area contributed by atoms with Crippen molar-refractivity contribution in [3.05, 3.63) is 54.1 Å². The van der Waals surface area contributed by atoms with Crippen LogP contribution < -0.4 is 20.3 Å². The number of nitrogens with zero attached hydrogens (tertiary/aromatic N) is 1. The van der Waals surface area contributed by atoms with Gasteiger partial charge in [0.25, 0.3) is 5.91 Å². The summed E-state index contributed by atoms with van der Waals surface area (Å²) in [7, 11) is 1.57. The Morgan fingerprint density at radius 2 is 1.90 bits per heavy atom. The van der Waals surface area contributed by atoms with Crippen LogP contribution in [0.15, 0.2) is 48.5 Å². The van der Waals surface area contributed by atoms with E-state index in [0.29, 0.717) is 23.4 Å². The first-order valence-corrected chi connectivity index (χ1v) is 10.4. The van der Waals surface area contributed by atoms with Gasteiger partial charge in [-0.25, -0.2) is 0 Å². The van der Waals surface area contributed by atoms with Gasteiger partial charge in [-0.3, -0.25) is 4.79 Å². The normalized spacial score (nSPS) is 19.9. The maximum atomic E-state index is 12.7. The number of amides is 1. The molecule has 0 radical (unpaired) electrons. The Morgan fingerprint density at radius 1 is 1.07 bits per heavy atom. The van der Waals surface area contributed by atoms with Crippen LogP contribution in [0.4, 0.5) is 11.4 Å². The van der Waals surface area contributed by atoms with Gasteiger partial charge in [-0.05, 0) is 49.6 Å². The van der Waals surface area contributed by atoms with E-state index < -0.39 is 0 Å². The third-order valence-corrected chi connectivity index (χ3v) is 5.72. The molecule has 1 amide bonds. The van der Waals surface area contributed by atoms with Gasteiger partial charge in [0.15, 0.2) is 0 Å². The van der Waals surface area contributed by atoms with Crippen LogP contribution >= 0.6 is 0 Å². The van der Waals surface area contributed by atoms with Crippen LogP contribution in [0.3, 0.4) is 0 Å². The number of benzene rings is 2. The lowest BCUT2D eigenvalue weighted by Crippen LogP contribution is -2.46. The van der Waals surface area contributed by atoms with Crippen molar-refractivity contribution in [3.63, 3.8) is 0 Å². The fourth-order valence-electron chi connectivity index (χ4n) is 4.11. The molecule has 0 aliphatic carbocycles. The van der Waals surface area contributed by atoms with E-state index in [9.17, 15) is 4.79 Å². The molecule has 1 unspecified atom stereocenters. The maximum Gasteiger partial charge on any atom is 0.259 e. The van der Waals surface area contributed by atoms with Crippen molar-refractivity contribution in [3.8, 4) is 5.75 Å². The van der Waals surface area contributed by atoms with Gasteiger partial charge in [0.1, 0.15) is 5.75 Å². The van der Waals surface area contributed by atoms with Gasteiger partial charge in [0.2, 0.25) is 0 Å². The van der Waals surface area contributed by atoms with Crippen LogP contribution in [0.2, 0.25) is 0 Å². The zero-order valence-corrected chi connectivity index (χ0v) is 16.9. The topological polar surface area (TPSA) is 62.8 Å². The lowest BCUT2D eigenvalue weighted by atomic mass is 10.0. The highest BCUT2D eigenvalue weighted by Crippen LogP contribution is 2.25. The summed E-state index contributed by atoms with van der Waals surface area (Å²) in [4.78, 5) is 15.1. The van der Waals surface area contributed by atoms with Crippen LogP contribution in [0.5, 0.6) is 5.75 Å². The number of ether oxygens (including phenoxy) is 2. The number of carbonyl (C=O) groups excluding carboxylic acids is 1. The van der Waals surface area contributed by atoms with Crippen LogP contribution in [0.1, 0.15) is 29.6 Å². The zero-order valence-electron chi connectivity index (χ0n) is 16.9. The fraction of sp³-hybridized carbons (Fsp3) is 0.435. The van der Waals surface area contributed by atoms with Gasteiger partial charge in [-0.1, -0.05) is 18.2 Å². The molecule has 0 spiro atoms. The van der Waals surface area contributed by atoms with E-state index in [1.54, 1.807) is 19.2 Å². The number of rotatable bonds is 6. The number of carbonyl (C=O) groups is 1. The van der Waals surface area contributed by atoms with Gasteiger partial charge in [0, 0.05) is 43.2 Å². The summed E-state index contributed by atoms with van der Waals surface area (Å²) in [6.07, 6.45) is 3.36. The third kappa shape index (κ3) is 4.89. The Kier molecular flexibility index (Phi) is 6.32. The molecule has 0 bridgehead atoms. The molecule has 29 heavy (non-hydrogen) atoms. The molecular formula is C23H29N3O3.